The van der Waals surface area contributed by atoms with Crippen molar-refractivity contribution >= 4 is 28.0 Å². The van der Waals surface area contributed by atoms with Gasteiger partial charge < -0.3 is 4.98 Å². The molecule has 5 heteroatoms. The molecule has 0 spiro atoms. The van der Waals surface area contributed by atoms with E-state index in [-0.39, 0.29) is 0 Å². The number of fused-ring (bicyclic) bond motifs is 5. The van der Waals surface area contributed by atoms with Gasteiger partial charge in [0.1, 0.15) is 11.8 Å². The molecule has 0 unspecified atom stereocenters. The van der Waals surface area contributed by atoms with Crippen LogP contribution in [0.1, 0.15) is 0 Å². The summed E-state index contributed by atoms with van der Waals surface area (Å²) in [6.07, 6.45) is 3.29. The molecule has 5 nitrogen and oxygen atoms in total. The average Bonchev–Trinajstić information content (AvgIpc) is 2.83. The average molecular weight is 209 g/mol. The zero-order valence-electron chi connectivity index (χ0n) is 8.25. The van der Waals surface area contributed by atoms with Gasteiger partial charge in [-0.25, -0.2) is 9.97 Å². The van der Waals surface area contributed by atoms with Crippen molar-refractivity contribution in [2.45, 2.75) is 0 Å². The highest BCUT2D eigenvalue weighted by molar-refractivity contribution is 5.87. The summed E-state index contributed by atoms with van der Waals surface area (Å²) in [5.41, 5.74) is 3.80. The van der Waals surface area contributed by atoms with Gasteiger partial charge in [-0.2, -0.15) is 4.98 Å². The molecule has 0 fully saturated rings. The summed E-state index contributed by atoms with van der Waals surface area (Å²) in [7, 11) is 0. The first-order valence-corrected chi connectivity index (χ1v) is 4.98. The summed E-state index contributed by atoms with van der Waals surface area (Å²) in [4.78, 5) is 15.8. The maximum absolute atomic E-state index is 4.41. The predicted octanol–water partition coefficient (Wildman–Crippen LogP) is 1.76. The van der Waals surface area contributed by atoms with Crippen molar-refractivity contribution in [2.24, 2.45) is 0 Å². The molecule has 0 aliphatic carbocycles. The zero-order valence-corrected chi connectivity index (χ0v) is 8.25. The Hall–Kier alpha value is -2.43. The number of H-pyrrole nitrogens is 1. The van der Waals surface area contributed by atoms with Crippen LogP contribution in [-0.2, 0) is 0 Å². The van der Waals surface area contributed by atoms with Crippen LogP contribution in [0.25, 0.3) is 28.0 Å². The number of nitrogens with one attached hydrogen (secondary N) is 1. The molecule has 4 rings (SSSR count). The van der Waals surface area contributed by atoms with Crippen LogP contribution < -0.4 is 0 Å². The van der Waals surface area contributed by atoms with Crippen LogP contribution >= 0.6 is 0 Å². The Balaban J connectivity index is 2.38. The molecule has 0 saturated carbocycles. The summed E-state index contributed by atoms with van der Waals surface area (Å²) in [6, 6.07) is 8.08. The molecule has 1 aromatic carbocycles. The van der Waals surface area contributed by atoms with E-state index in [0.29, 0.717) is 5.65 Å². The number of rotatable bonds is 0. The lowest BCUT2D eigenvalue weighted by Gasteiger charge is -1.91. The van der Waals surface area contributed by atoms with E-state index in [1.165, 1.54) is 6.33 Å². The Morgan fingerprint density at radius 1 is 1.12 bits per heavy atom. The van der Waals surface area contributed by atoms with Crippen LogP contribution in [0.2, 0.25) is 0 Å². The topological polar surface area (TPSA) is 58.9 Å². The molecule has 0 amide bonds. The molecular formula is C11H7N5. The third-order valence-electron chi connectivity index (χ3n) is 2.73. The fourth-order valence-electron chi connectivity index (χ4n) is 2.05. The maximum Gasteiger partial charge on any atom is 0.214 e. The number of hydrogen-bond acceptors (Lipinski definition) is 3. The van der Waals surface area contributed by atoms with Crippen LogP contribution in [0.5, 0.6) is 0 Å². The lowest BCUT2D eigenvalue weighted by Crippen LogP contribution is -1.82. The van der Waals surface area contributed by atoms with E-state index in [9.17, 15) is 0 Å². The number of aromatic nitrogens is 5. The molecule has 1 N–H and O–H groups in total. The molecule has 16 heavy (non-hydrogen) atoms. The monoisotopic (exact) mass is 209 g/mol. The van der Waals surface area contributed by atoms with E-state index in [2.05, 4.69) is 19.9 Å². The molecule has 76 valence electrons. The van der Waals surface area contributed by atoms with Gasteiger partial charge in [-0.15, -0.1) is 0 Å². The van der Waals surface area contributed by atoms with E-state index in [1.54, 1.807) is 6.20 Å². The van der Waals surface area contributed by atoms with Crippen molar-refractivity contribution in [3.8, 4) is 0 Å². The molecule has 3 aromatic heterocycles. The van der Waals surface area contributed by atoms with E-state index in [0.717, 1.165) is 22.3 Å². The largest absolute Gasteiger partial charge is 0.323 e. The van der Waals surface area contributed by atoms with Crippen molar-refractivity contribution in [3.05, 3.63) is 36.8 Å². The minimum atomic E-state index is 0.715. The number of para-hydroxylation sites is 2. The first-order chi connectivity index (χ1) is 7.93. The summed E-state index contributed by atoms with van der Waals surface area (Å²) < 4.78 is 2.03. The number of nitrogens with zero attached hydrogens (tertiary/aromatic N) is 4. The quantitative estimate of drug-likeness (QED) is 0.480. The molecule has 4 aromatic rings. The van der Waals surface area contributed by atoms with E-state index >= 15 is 0 Å². The number of aromatic amines is 1. The predicted molar refractivity (Wildman–Crippen MR) is 60.1 cm³/mol. The number of hydrogen-bond donors (Lipinski definition) is 1. The Morgan fingerprint density at radius 3 is 3.06 bits per heavy atom. The molecule has 0 radical (unpaired) electrons. The normalized spacial score (nSPS) is 11.8. The molecular weight excluding hydrogens is 202 g/mol. The third kappa shape index (κ3) is 0.826. The molecule has 0 aliphatic rings. The van der Waals surface area contributed by atoms with Gasteiger partial charge in [-0.1, -0.05) is 12.1 Å². The van der Waals surface area contributed by atoms with Crippen LogP contribution in [0.15, 0.2) is 36.8 Å². The standard InChI is InChI=1S/C11H7N5/c1-2-4-8-7(3-1)14-11-15-10-9(16(8)11)5-12-6-13-10/h1-6H,(H,12,13,14,15). The Labute approximate surface area is 89.8 Å². The van der Waals surface area contributed by atoms with Gasteiger partial charge in [0.2, 0.25) is 5.78 Å². The van der Waals surface area contributed by atoms with Gasteiger partial charge in [0.25, 0.3) is 0 Å². The summed E-state index contributed by atoms with van der Waals surface area (Å²) in [6.45, 7) is 0. The van der Waals surface area contributed by atoms with Gasteiger partial charge in [0.15, 0.2) is 5.65 Å². The third-order valence-corrected chi connectivity index (χ3v) is 2.73. The Kier molecular flexibility index (Phi) is 1.26. The maximum atomic E-state index is 4.41. The van der Waals surface area contributed by atoms with E-state index in [4.69, 9.17) is 0 Å². The van der Waals surface area contributed by atoms with Gasteiger partial charge in [0, 0.05) is 0 Å². The van der Waals surface area contributed by atoms with Crippen molar-refractivity contribution in [2.75, 3.05) is 0 Å². The highest BCUT2D eigenvalue weighted by Gasteiger charge is 2.10. The molecule has 0 aliphatic heterocycles. The van der Waals surface area contributed by atoms with Crippen molar-refractivity contribution in [1.82, 2.24) is 24.3 Å². The lowest BCUT2D eigenvalue weighted by atomic mass is 10.3. The molecule has 0 atom stereocenters. The highest BCUT2D eigenvalue weighted by Crippen LogP contribution is 2.20. The molecule has 0 bridgehead atoms. The molecule has 3 heterocycles. The van der Waals surface area contributed by atoms with Crippen molar-refractivity contribution in [1.29, 1.82) is 0 Å². The van der Waals surface area contributed by atoms with Gasteiger partial charge >= 0.3 is 0 Å². The lowest BCUT2D eigenvalue weighted by molar-refractivity contribution is 1.20. The van der Waals surface area contributed by atoms with Crippen LogP contribution in [-0.4, -0.2) is 24.3 Å². The molecule has 0 saturated heterocycles. The number of imidazole rings is 2. The second-order valence-electron chi connectivity index (χ2n) is 3.64. The van der Waals surface area contributed by atoms with Gasteiger partial charge in [-0.3, -0.25) is 4.40 Å². The van der Waals surface area contributed by atoms with E-state index < -0.39 is 0 Å². The van der Waals surface area contributed by atoms with Crippen molar-refractivity contribution in [3.63, 3.8) is 0 Å². The zero-order chi connectivity index (χ0) is 10.5. The van der Waals surface area contributed by atoms with Crippen LogP contribution in [0.3, 0.4) is 0 Å². The van der Waals surface area contributed by atoms with Crippen LogP contribution in [0.4, 0.5) is 0 Å². The fraction of sp³-hybridized carbons (Fsp3) is 0. The Bertz CT molecular complexity index is 745. The fourth-order valence-corrected chi connectivity index (χ4v) is 2.05. The number of benzene rings is 1. The Morgan fingerprint density at radius 2 is 2.06 bits per heavy atom. The van der Waals surface area contributed by atoms with Crippen LogP contribution in [0, 0.1) is 0 Å². The summed E-state index contributed by atoms with van der Waals surface area (Å²) >= 11 is 0. The van der Waals surface area contributed by atoms with Gasteiger partial charge in [0.05, 0.1) is 17.2 Å². The smallest absolute Gasteiger partial charge is 0.214 e. The van der Waals surface area contributed by atoms with Gasteiger partial charge in [-0.05, 0) is 12.1 Å². The van der Waals surface area contributed by atoms with Crippen molar-refractivity contribution < 1.29 is 0 Å². The summed E-state index contributed by atoms with van der Waals surface area (Å²) in [5.74, 6) is 0.803. The first kappa shape index (κ1) is 7.81. The SMILES string of the molecule is c1ccc2c(c1)[nH]c1nc3ncncc3n12. The second kappa shape index (κ2) is 2.57. The minimum absolute atomic E-state index is 0.715. The first-order valence-electron chi connectivity index (χ1n) is 4.98. The summed E-state index contributed by atoms with van der Waals surface area (Å²) in [5, 5.41) is 0. The minimum Gasteiger partial charge on any atom is -0.323 e. The second-order valence-corrected chi connectivity index (χ2v) is 3.64. The highest BCUT2D eigenvalue weighted by atomic mass is 15.2. The van der Waals surface area contributed by atoms with E-state index in [1.807, 2.05) is 28.7 Å².